The summed E-state index contributed by atoms with van der Waals surface area (Å²) in [5.74, 6) is -0.108. The van der Waals surface area contributed by atoms with Crippen molar-refractivity contribution in [3.05, 3.63) is 82.1 Å². The maximum atomic E-state index is 12.9. The van der Waals surface area contributed by atoms with Gasteiger partial charge in [0.15, 0.2) is 0 Å². The lowest BCUT2D eigenvalue weighted by atomic mass is 9.88. The van der Waals surface area contributed by atoms with Crippen molar-refractivity contribution < 1.29 is 9.90 Å². The zero-order valence-electron chi connectivity index (χ0n) is 15.3. The molecule has 1 atom stereocenters. The highest BCUT2D eigenvalue weighted by Crippen LogP contribution is 2.34. The Kier molecular flexibility index (Phi) is 5.81. The monoisotopic (exact) mass is 383 g/mol. The van der Waals surface area contributed by atoms with Crippen molar-refractivity contribution in [3.63, 3.8) is 0 Å². The molecule has 6 heteroatoms. The molecule has 140 valence electrons. The largest absolute Gasteiger partial charge is 0.508 e. The predicted octanol–water partition coefficient (Wildman–Crippen LogP) is 4.26. The van der Waals surface area contributed by atoms with Crippen LogP contribution in [0.4, 0.5) is 0 Å². The Labute approximate surface area is 163 Å². The van der Waals surface area contributed by atoms with Gasteiger partial charge in [-0.15, -0.1) is 0 Å². The minimum atomic E-state index is -0.248. The third-order valence-electron chi connectivity index (χ3n) is 4.52. The van der Waals surface area contributed by atoms with Gasteiger partial charge in [-0.2, -0.15) is 5.10 Å². The summed E-state index contributed by atoms with van der Waals surface area (Å²) in [5, 5.41) is 17.6. The quantitative estimate of drug-likeness (QED) is 0.668. The summed E-state index contributed by atoms with van der Waals surface area (Å²) in [6.45, 7) is 2.35. The number of aryl methyl sites for hydroxylation is 1. The molecule has 3 aromatic rings. The highest BCUT2D eigenvalue weighted by molar-refractivity contribution is 6.31. The number of aromatic nitrogens is 2. The molecule has 0 unspecified atom stereocenters. The summed E-state index contributed by atoms with van der Waals surface area (Å²) in [6, 6.07) is 16.4. The average molecular weight is 384 g/mol. The van der Waals surface area contributed by atoms with Gasteiger partial charge in [0.1, 0.15) is 5.75 Å². The van der Waals surface area contributed by atoms with Crippen molar-refractivity contribution in [1.29, 1.82) is 0 Å². The number of nitrogens with one attached hydrogen (secondary N) is 1. The van der Waals surface area contributed by atoms with Crippen LogP contribution in [-0.4, -0.2) is 33.2 Å². The molecule has 2 N–H and O–H groups in total. The van der Waals surface area contributed by atoms with E-state index in [0.29, 0.717) is 11.6 Å². The third kappa shape index (κ3) is 4.68. The number of carbonyl (C=O) groups is 1. The van der Waals surface area contributed by atoms with E-state index in [2.05, 4.69) is 10.2 Å². The molecule has 3 rings (SSSR count). The molecule has 0 aliphatic carbocycles. The lowest BCUT2D eigenvalue weighted by Gasteiger charge is -2.23. The van der Waals surface area contributed by atoms with Crippen LogP contribution in [0, 0.1) is 6.92 Å². The first-order valence-electron chi connectivity index (χ1n) is 8.72. The Morgan fingerprint density at radius 2 is 2.00 bits per heavy atom. The molecule has 2 aromatic carbocycles. The molecule has 1 amide bonds. The fourth-order valence-corrected chi connectivity index (χ4v) is 3.39. The molecule has 1 aromatic heterocycles. The van der Waals surface area contributed by atoms with Crippen molar-refractivity contribution in [2.45, 2.75) is 25.8 Å². The molecule has 0 saturated heterocycles. The van der Waals surface area contributed by atoms with Crippen LogP contribution in [0.5, 0.6) is 5.75 Å². The van der Waals surface area contributed by atoms with Crippen LogP contribution in [0.25, 0.3) is 0 Å². The van der Waals surface area contributed by atoms with Crippen molar-refractivity contribution in [1.82, 2.24) is 15.1 Å². The molecular formula is C21H22ClN3O2. The molecule has 0 aliphatic rings. The minimum Gasteiger partial charge on any atom is -0.508 e. The van der Waals surface area contributed by atoms with Gasteiger partial charge >= 0.3 is 0 Å². The smallest absolute Gasteiger partial charge is 0.223 e. The number of phenols is 1. The van der Waals surface area contributed by atoms with Crippen molar-refractivity contribution >= 4 is 17.5 Å². The van der Waals surface area contributed by atoms with Gasteiger partial charge in [-0.1, -0.05) is 41.9 Å². The minimum absolute atomic E-state index is 0.0242. The molecule has 0 spiro atoms. The second-order valence-electron chi connectivity index (χ2n) is 6.67. The Bertz CT molecular complexity index is 938. The number of H-pyrrole nitrogens is 1. The number of aromatic amines is 1. The van der Waals surface area contributed by atoms with Crippen LogP contribution in [0.3, 0.4) is 0 Å². The number of hydrogen-bond acceptors (Lipinski definition) is 3. The molecule has 1 heterocycles. The predicted molar refractivity (Wildman–Crippen MR) is 106 cm³/mol. The maximum Gasteiger partial charge on any atom is 0.223 e. The molecule has 27 heavy (non-hydrogen) atoms. The van der Waals surface area contributed by atoms with E-state index in [1.54, 1.807) is 30.1 Å². The van der Waals surface area contributed by atoms with Crippen molar-refractivity contribution in [2.24, 2.45) is 0 Å². The Morgan fingerprint density at radius 3 is 2.67 bits per heavy atom. The number of halogens is 1. The summed E-state index contributed by atoms with van der Waals surface area (Å²) in [5.41, 5.74) is 3.48. The van der Waals surface area contributed by atoms with E-state index in [9.17, 15) is 9.90 Å². The number of hydrogen-bond donors (Lipinski definition) is 2. The van der Waals surface area contributed by atoms with E-state index >= 15 is 0 Å². The molecule has 0 aliphatic heterocycles. The van der Waals surface area contributed by atoms with Crippen LogP contribution in [0.1, 0.15) is 34.9 Å². The highest BCUT2D eigenvalue weighted by atomic mass is 35.5. The summed E-state index contributed by atoms with van der Waals surface area (Å²) in [4.78, 5) is 14.5. The first kappa shape index (κ1) is 19.0. The van der Waals surface area contributed by atoms with Gasteiger partial charge in [0.2, 0.25) is 5.91 Å². The van der Waals surface area contributed by atoms with Crippen LogP contribution in [-0.2, 0) is 11.3 Å². The first-order chi connectivity index (χ1) is 12.9. The fourth-order valence-electron chi connectivity index (χ4n) is 3.12. The van der Waals surface area contributed by atoms with Crippen LogP contribution in [0.15, 0.2) is 54.6 Å². The lowest BCUT2D eigenvalue weighted by Crippen LogP contribution is -2.28. The van der Waals surface area contributed by atoms with E-state index in [0.717, 1.165) is 22.5 Å². The molecule has 0 fully saturated rings. The lowest BCUT2D eigenvalue weighted by molar-refractivity contribution is -0.130. The Balaban J connectivity index is 1.85. The number of phenolic OH excluding ortho intramolecular Hbond substituents is 1. The molecular weight excluding hydrogens is 362 g/mol. The van der Waals surface area contributed by atoms with Crippen LogP contribution in [0.2, 0.25) is 5.02 Å². The maximum absolute atomic E-state index is 12.9. The van der Waals surface area contributed by atoms with Crippen molar-refractivity contribution in [2.75, 3.05) is 7.05 Å². The number of aromatic hydroxyl groups is 1. The fraction of sp³-hybridized carbons (Fsp3) is 0.238. The number of carbonyl (C=O) groups excluding carboxylic acids is 1. The first-order valence-corrected chi connectivity index (χ1v) is 9.10. The average Bonchev–Trinajstić information content (AvgIpc) is 3.05. The van der Waals surface area contributed by atoms with Gasteiger partial charge in [-0.25, -0.2) is 0 Å². The van der Waals surface area contributed by atoms with E-state index < -0.39 is 0 Å². The third-order valence-corrected chi connectivity index (χ3v) is 4.86. The number of amides is 1. The molecule has 0 saturated carbocycles. The van der Waals surface area contributed by atoms with Gasteiger partial charge in [0.25, 0.3) is 0 Å². The van der Waals surface area contributed by atoms with Crippen LogP contribution >= 0.6 is 11.6 Å². The van der Waals surface area contributed by atoms with Crippen LogP contribution < -0.4 is 0 Å². The number of nitrogens with zero attached hydrogens (tertiary/aromatic N) is 2. The molecule has 5 nitrogen and oxygen atoms in total. The summed E-state index contributed by atoms with van der Waals surface area (Å²) < 4.78 is 0. The van der Waals surface area contributed by atoms with E-state index in [4.69, 9.17) is 11.6 Å². The normalized spacial score (nSPS) is 12.0. The van der Waals surface area contributed by atoms with Gasteiger partial charge in [-0.05, 0) is 42.3 Å². The summed E-state index contributed by atoms with van der Waals surface area (Å²) in [6.07, 6.45) is 0.243. The van der Waals surface area contributed by atoms with Gasteiger partial charge in [0.05, 0.1) is 12.2 Å². The van der Waals surface area contributed by atoms with E-state index in [1.807, 2.05) is 43.3 Å². The second kappa shape index (κ2) is 8.27. The number of rotatable bonds is 6. The molecule has 0 radical (unpaired) electrons. The second-order valence-corrected chi connectivity index (χ2v) is 7.07. The zero-order chi connectivity index (χ0) is 19.4. The van der Waals surface area contributed by atoms with Crippen molar-refractivity contribution in [3.8, 4) is 5.75 Å². The standard InChI is InChI=1S/C21H22ClN3O2/c1-14-10-16(24-23-14)13-25(2)21(27)12-19(15-6-5-7-17(26)11-15)18-8-3-4-9-20(18)22/h3-11,19,26H,12-13H2,1-2H3,(H,23,24)/t19-/m1/s1. The summed E-state index contributed by atoms with van der Waals surface area (Å²) >= 11 is 6.40. The summed E-state index contributed by atoms with van der Waals surface area (Å²) in [7, 11) is 1.76. The topological polar surface area (TPSA) is 69.2 Å². The van der Waals surface area contributed by atoms with Gasteiger partial charge in [0, 0.05) is 30.1 Å². The number of benzene rings is 2. The van der Waals surface area contributed by atoms with E-state index in [1.165, 1.54) is 0 Å². The highest BCUT2D eigenvalue weighted by Gasteiger charge is 2.23. The SMILES string of the molecule is Cc1cc(CN(C)C(=O)C[C@H](c2cccc(O)c2)c2ccccc2Cl)n[nH]1. The van der Waals surface area contributed by atoms with E-state index in [-0.39, 0.29) is 24.0 Å². The Morgan fingerprint density at radius 1 is 1.22 bits per heavy atom. The van der Waals surface area contributed by atoms with Gasteiger partial charge in [-0.3, -0.25) is 9.89 Å². The Hall–Kier alpha value is -2.79. The molecule has 0 bridgehead atoms. The van der Waals surface area contributed by atoms with Gasteiger partial charge < -0.3 is 10.0 Å². The zero-order valence-corrected chi connectivity index (χ0v) is 16.1.